The fraction of sp³-hybridized carbons (Fsp3) is 0.273. The van der Waals surface area contributed by atoms with E-state index >= 15 is 0 Å². The topological polar surface area (TPSA) is 92.9 Å². The Bertz CT molecular complexity index is 582. The predicted molar refractivity (Wildman–Crippen MR) is 64.3 cm³/mol. The molecular formula is C11H13N5O2. The van der Waals surface area contributed by atoms with Crippen LogP contribution in [-0.2, 0) is 7.05 Å². The molecule has 0 fully saturated rings. The van der Waals surface area contributed by atoms with Crippen molar-refractivity contribution in [1.29, 1.82) is 0 Å². The number of rotatable bonds is 2. The molecule has 2 N–H and O–H groups in total. The number of tetrazole rings is 1. The second kappa shape index (κ2) is 4.44. The van der Waals surface area contributed by atoms with Crippen molar-refractivity contribution in [3.05, 3.63) is 28.8 Å². The van der Waals surface area contributed by atoms with Crippen LogP contribution in [-0.4, -0.2) is 31.2 Å². The number of aromatic nitrogens is 4. The van der Waals surface area contributed by atoms with E-state index in [1.165, 1.54) is 4.68 Å². The number of aromatic hydroxyl groups is 1. The van der Waals surface area contributed by atoms with Crippen molar-refractivity contribution in [1.82, 2.24) is 20.2 Å². The van der Waals surface area contributed by atoms with Gasteiger partial charge in [-0.2, -0.15) is 0 Å². The van der Waals surface area contributed by atoms with E-state index in [1.807, 2.05) is 0 Å². The van der Waals surface area contributed by atoms with E-state index in [0.29, 0.717) is 16.7 Å². The molecule has 7 heteroatoms. The zero-order valence-electron chi connectivity index (χ0n) is 10.3. The van der Waals surface area contributed by atoms with Gasteiger partial charge in [-0.05, 0) is 47.5 Å². The lowest BCUT2D eigenvalue weighted by molar-refractivity contribution is 0.102. The molecule has 2 rings (SSSR count). The van der Waals surface area contributed by atoms with Crippen LogP contribution in [0.1, 0.15) is 21.5 Å². The minimum Gasteiger partial charge on any atom is -0.507 e. The molecule has 1 aromatic heterocycles. The van der Waals surface area contributed by atoms with Crippen LogP contribution in [0.25, 0.3) is 0 Å². The molecule has 1 amide bonds. The number of carbonyl (C=O) groups is 1. The first-order chi connectivity index (χ1) is 8.49. The van der Waals surface area contributed by atoms with Crippen LogP contribution < -0.4 is 5.32 Å². The zero-order chi connectivity index (χ0) is 13.3. The highest BCUT2D eigenvalue weighted by molar-refractivity contribution is 6.03. The van der Waals surface area contributed by atoms with Crippen molar-refractivity contribution in [3.63, 3.8) is 0 Å². The highest BCUT2D eigenvalue weighted by Crippen LogP contribution is 2.23. The van der Waals surface area contributed by atoms with Gasteiger partial charge in [0.15, 0.2) is 0 Å². The number of anilines is 1. The Labute approximate surface area is 103 Å². The van der Waals surface area contributed by atoms with Crippen LogP contribution in [0.4, 0.5) is 5.95 Å². The summed E-state index contributed by atoms with van der Waals surface area (Å²) in [5.74, 6) is 0.148. The summed E-state index contributed by atoms with van der Waals surface area (Å²) >= 11 is 0. The first-order valence-electron chi connectivity index (χ1n) is 5.33. The number of benzene rings is 1. The molecule has 1 aromatic carbocycles. The first-order valence-corrected chi connectivity index (χ1v) is 5.33. The lowest BCUT2D eigenvalue weighted by Crippen LogP contribution is -2.15. The predicted octanol–water partition coefficient (Wildman–Crippen LogP) is 0.785. The summed E-state index contributed by atoms with van der Waals surface area (Å²) in [5.41, 5.74) is 1.75. The lowest BCUT2D eigenvalue weighted by atomic mass is 10.1. The van der Waals surface area contributed by atoms with Crippen LogP contribution >= 0.6 is 0 Å². The Balaban J connectivity index is 2.27. The Kier molecular flexibility index (Phi) is 2.97. The van der Waals surface area contributed by atoms with Crippen molar-refractivity contribution in [3.8, 4) is 5.75 Å². The Morgan fingerprint density at radius 1 is 1.33 bits per heavy atom. The maximum atomic E-state index is 12.0. The maximum absolute atomic E-state index is 12.0. The minimum absolute atomic E-state index is 0.201. The summed E-state index contributed by atoms with van der Waals surface area (Å²) in [6.45, 7) is 3.48. The van der Waals surface area contributed by atoms with Crippen molar-refractivity contribution < 1.29 is 9.90 Å². The zero-order valence-corrected chi connectivity index (χ0v) is 10.3. The first kappa shape index (κ1) is 12.0. The summed E-state index contributed by atoms with van der Waals surface area (Å²) < 4.78 is 1.36. The molecule has 0 aliphatic heterocycles. The van der Waals surface area contributed by atoms with Gasteiger partial charge in [0.25, 0.3) is 5.91 Å². The average molecular weight is 247 g/mol. The molecule has 94 valence electrons. The van der Waals surface area contributed by atoms with Gasteiger partial charge in [-0.1, -0.05) is 5.10 Å². The maximum Gasteiger partial charge on any atom is 0.258 e. The van der Waals surface area contributed by atoms with Gasteiger partial charge in [-0.3, -0.25) is 10.1 Å². The van der Waals surface area contributed by atoms with Crippen LogP contribution in [0.5, 0.6) is 5.75 Å². The number of nitrogens with one attached hydrogen (secondary N) is 1. The molecule has 0 saturated carbocycles. The number of phenolic OH excluding ortho intramolecular Hbond substituents is 1. The monoisotopic (exact) mass is 247 g/mol. The number of carbonyl (C=O) groups excluding carboxylic acids is 1. The second-order valence-corrected chi connectivity index (χ2v) is 4.04. The van der Waals surface area contributed by atoms with Crippen LogP contribution in [0.15, 0.2) is 12.1 Å². The van der Waals surface area contributed by atoms with E-state index in [4.69, 9.17) is 0 Å². The normalized spacial score (nSPS) is 10.4. The van der Waals surface area contributed by atoms with E-state index in [-0.39, 0.29) is 17.6 Å². The van der Waals surface area contributed by atoms with E-state index in [0.717, 1.165) is 0 Å². The molecule has 0 saturated heterocycles. The van der Waals surface area contributed by atoms with Gasteiger partial charge in [0.2, 0.25) is 5.95 Å². The third-order valence-electron chi connectivity index (χ3n) is 2.60. The highest BCUT2D eigenvalue weighted by atomic mass is 16.3. The minimum atomic E-state index is -0.320. The molecular weight excluding hydrogens is 234 g/mol. The standard InChI is InChI=1S/C11H13N5O2/c1-6-4-8(5-7(2)9(6)17)10(18)12-11-13-14-15-16(11)3/h4-5,17H,1-3H3,(H,12,13,15,18). The fourth-order valence-corrected chi connectivity index (χ4v) is 1.60. The van der Waals surface area contributed by atoms with Gasteiger partial charge in [-0.15, -0.1) is 0 Å². The van der Waals surface area contributed by atoms with Crippen molar-refractivity contribution in [2.75, 3.05) is 5.32 Å². The number of nitrogens with zero attached hydrogens (tertiary/aromatic N) is 4. The quantitative estimate of drug-likeness (QED) is 0.818. The SMILES string of the molecule is Cc1cc(C(=O)Nc2nnnn2C)cc(C)c1O. The summed E-state index contributed by atoms with van der Waals surface area (Å²) in [6.07, 6.45) is 0. The van der Waals surface area contributed by atoms with Gasteiger partial charge < -0.3 is 5.11 Å². The third-order valence-corrected chi connectivity index (χ3v) is 2.60. The molecule has 2 aromatic rings. The number of aryl methyl sites for hydroxylation is 3. The molecule has 7 nitrogen and oxygen atoms in total. The van der Waals surface area contributed by atoms with E-state index in [1.54, 1.807) is 33.0 Å². The van der Waals surface area contributed by atoms with Gasteiger partial charge in [0.05, 0.1) is 0 Å². The van der Waals surface area contributed by atoms with Gasteiger partial charge in [-0.25, -0.2) is 4.68 Å². The Morgan fingerprint density at radius 3 is 2.44 bits per heavy atom. The number of hydrogen-bond donors (Lipinski definition) is 2. The van der Waals surface area contributed by atoms with Gasteiger partial charge >= 0.3 is 0 Å². The molecule has 0 aliphatic rings. The number of phenols is 1. The summed E-state index contributed by atoms with van der Waals surface area (Å²) in [5, 5.41) is 22.9. The van der Waals surface area contributed by atoms with Crippen LogP contribution in [0.3, 0.4) is 0 Å². The van der Waals surface area contributed by atoms with Crippen molar-refractivity contribution >= 4 is 11.9 Å². The second-order valence-electron chi connectivity index (χ2n) is 4.04. The van der Waals surface area contributed by atoms with E-state index in [9.17, 15) is 9.90 Å². The molecule has 18 heavy (non-hydrogen) atoms. The number of hydrogen-bond acceptors (Lipinski definition) is 5. The molecule has 0 unspecified atom stereocenters. The summed E-state index contributed by atoms with van der Waals surface area (Å²) in [6, 6.07) is 3.23. The lowest BCUT2D eigenvalue weighted by Gasteiger charge is -2.07. The summed E-state index contributed by atoms with van der Waals surface area (Å²) in [4.78, 5) is 12.0. The van der Waals surface area contributed by atoms with Crippen LogP contribution in [0.2, 0.25) is 0 Å². The highest BCUT2D eigenvalue weighted by Gasteiger charge is 2.12. The number of amides is 1. The summed E-state index contributed by atoms with van der Waals surface area (Å²) in [7, 11) is 1.63. The van der Waals surface area contributed by atoms with E-state index in [2.05, 4.69) is 20.8 Å². The van der Waals surface area contributed by atoms with Gasteiger partial charge in [0.1, 0.15) is 5.75 Å². The molecule has 0 spiro atoms. The smallest absolute Gasteiger partial charge is 0.258 e. The molecule has 0 bridgehead atoms. The Morgan fingerprint density at radius 2 is 1.94 bits per heavy atom. The van der Waals surface area contributed by atoms with Crippen molar-refractivity contribution in [2.45, 2.75) is 13.8 Å². The molecule has 0 atom stereocenters. The fourth-order valence-electron chi connectivity index (χ4n) is 1.60. The molecule has 0 aliphatic carbocycles. The third kappa shape index (κ3) is 2.15. The molecule has 0 radical (unpaired) electrons. The average Bonchev–Trinajstić information content (AvgIpc) is 2.71. The van der Waals surface area contributed by atoms with E-state index < -0.39 is 0 Å². The molecule has 1 heterocycles. The Hall–Kier alpha value is -2.44. The largest absolute Gasteiger partial charge is 0.507 e. The van der Waals surface area contributed by atoms with Crippen molar-refractivity contribution in [2.24, 2.45) is 7.05 Å². The van der Waals surface area contributed by atoms with Gasteiger partial charge in [0, 0.05) is 12.6 Å². The van der Waals surface area contributed by atoms with Crippen LogP contribution in [0, 0.1) is 13.8 Å².